The first-order valence-corrected chi connectivity index (χ1v) is 8.39. The number of hydrogen-bond donors (Lipinski definition) is 2. The number of nitrogens with zero attached hydrogens (tertiary/aromatic N) is 3. The van der Waals surface area contributed by atoms with Gasteiger partial charge in [0.1, 0.15) is 4.88 Å². The smallest absolute Gasteiger partial charge is 0.348 e. The van der Waals surface area contributed by atoms with Crippen molar-refractivity contribution in [2.45, 2.75) is 20.5 Å². The molecule has 0 fully saturated rings. The molecule has 0 saturated carbocycles. The minimum absolute atomic E-state index is 0.0594. The van der Waals surface area contributed by atoms with E-state index >= 15 is 0 Å². The van der Waals surface area contributed by atoms with Gasteiger partial charge in [0.2, 0.25) is 11.9 Å². The molecule has 0 saturated heterocycles. The van der Waals surface area contributed by atoms with Crippen LogP contribution in [0.5, 0.6) is 0 Å². The summed E-state index contributed by atoms with van der Waals surface area (Å²) in [5.41, 5.74) is 7.64. The summed E-state index contributed by atoms with van der Waals surface area (Å²) < 4.78 is 5.25. The van der Waals surface area contributed by atoms with Gasteiger partial charge in [-0.25, -0.2) is 4.79 Å². The number of rotatable bonds is 5. The number of nitrogens with one attached hydrogen (secondary N) is 1. The van der Waals surface area contributed by atoms with Gasteiger partial charge < -0.3 is 15.8 Å². The van der Waals surface area contributed by atoms with E-state index < -0.39 is 5.97 Å². The minimum Gasteiger partial charge on any atom is -0.453 e. The highest BCUT2D eigenvalue weighted by atomic mass is 32.1. The molecule has 25 heavy (non-hydrogen) atoms. The fourth-order valence-electron chi connectivity index (χ4n) is 2.14. The van der Waals surface area contributed by atoms with Crippen LogP contribution in [0.15, 0.2) is 36.4 Å². The van der Waals surface area contributed by atoms with Crippen LogP contribution in [0.1, 0.15) is 25.9 Å². The second-order valence-corrected chi connectivity index (χ2v) is 6.65. The van der Waals surface area contributed by atoms with Crippen molar-refractivity contribution >= 4 is 34.9 Å². The van der Waals surface area contributed by atoms with Crippen molar-refractivity contribution in [1.29, 1.82) is 0 Å². The van der Waals surface area contributed by atoms with Gasteiger partial charge in [-0.2, -0.15) is 15.0 Å². The van der Waals surface area contributed by atoms with Crippen LogP contribution in [0, 0.1) is 13.8 Å². The number of benzene rings is 1. The van der Waals surface area contributed by atoms with E-state index in [1.165, 1.54) is 11.3 Å². The average molecular weight is 355 g/mol. The summed E-state index contributed by atoms with van der Waals surface area (Å²) in [6.07, 6.45) is 0. The van der Waals surface area contributed by atoms with Crippen LogP contribution in [-0.4, -0.2) is 20.9 Å². The third-order valence-corrected chi connectivity index (χ3v) is 4.35. The number of esters is 1. The molecule has 0 bridgehead atoms. The Labute approximate surface area is 148 Å². The molecule has 0 spiro atoms. The molecule has 0 amide bonds. The van der Waals surface area contributed by atoms with E-state index in [9.17, 15) is 4.79 Å². The molecule has 8 heteroatoms. The van der Waals surface area contributed by atoms with Crippen molar-refractivity contribution < 1.29 is 9.53 Å². The van der Waals surface area contributed by atoms with Crippen molar-refractivity contribution in [1.82, 2.24) is 15.0 Å². The van der Waals surface area contributed by atoms with Crippen molar-refractivity contribution in [2.24, 2.45) is 0 Å². The number of carbonyl (C=O) groups excluding carboxylic acids is 1. The topological polar surface area (TPSA) is 103 Å². The molecule has 128 valence electrons. The summed E-state index contributed by atoms with van der Waals surface area (Å²) in [6.45, 7) is 3.82. The number of nitrogen functional groups attached to an aromatic ring is 1. The van der Waals surface area contributed by atoms with Crippen molar-refractivity contribution in [3.05, 3.63) is 57.5 Å². The highest BCUT2D eigenvalue weighted by Crippen LogP contribution is 2.19. The molecule has 3 aromatic rings. The molecule has 2 heterocycles. The average Bonchev–Trinajstić information content (AvgIpc) is 3.01. The monoisotopic (exact) mass is 355 g/mol. The third kappa shape index (κ3) is 4.30. The Morgan fingerprint density at radius 2 is 1.96 bits per heavy atom. The SMILES string of the molecule is Cc1ccc(C(=O)OCc2nc(N)nc(Nc3ccccc3C)n2)s1. The maximum Gasteiger partial charge on any atom is 0.348 e. The minimum atomic E-state index is -0.412. The van der Waals surface area contributed by atoms with Gasteiger partial charge in [-0.15, -0.1) is 11.3 Å². The number of aryl methyl sites for hydroxylation is 2. The summed E-state index contributed by atoms with van der Waals surface area (Å²) >= 11 is 1.38. The van der Waals surface area contributed by atoms with Crippen LogP contribution in [0.4, 0.5) is 17.6 Å². The fraction of sp³-hybridized carbons (Fsp3) is 0.176. The number of anilines is 3. The van der Waals surface area contributed by atoms with Gasteiger partial charge in [-0.05, 0) is 37.6 Å². The van der Waals surface area contributed by atoms with Gasteiger partial charge >= 0.3 is 5.97 Å². The van der Waals surface area contributed by atoms with Crippen LogP contribution in [0.25, 0.3) is 0 Å². The molecule has 7 nitrogen and oxygen atoms in total. The highest BCUT2D eigenvalue weighted by Gasteiger charge is 2.12. The van der Waals surface area contributed by atoms with E-state index in [1.54, 1.807) is 6.07 Å². The van der Waals surface area contributed by atoms with E-state index in [1.807, 2.05) is 44.2 Å². The van der Waals surface area contributed by atoms with Crippen LogP contribution >= 0.6 is 11.3 Å². The maximum absolute atomic E-state index is 12.0. The summed E-state index contributed by atoms with van der Waals surface area (Å²) in [6, 6.07) is 11.3. The largest absolute Gasteiger partial charge is 0.453 e. The van der Waals surface area contributed by atoms with Crippen LogP contribution in [-0.2, 0) is 11.3 Å². The second-order valence-electron chi connectivity index (χ2n) is 5.36. The number of ether oxygens (including phenoxy) is 1. The predicted octanol–water partition coefficient (Wildman–Crippen LogP) is 3.23. The molecular formula is C17H17N5O2S. The molecule has 3 N–H and O–H groups in total. The van der Waals surface area contributed by atoms with Gasteiger partial charge in [0, 0.05) is 10.6 Å². The lowest BCUT2D eigenvalue weighted by Crippen LogP contribution is -2.10. The van der Waals surface area contributed by atoms with E-state index in [4.69, 9.17) is 10.5 Å². The first kappa shape index (κ1) is 16.8. The standard InChI is InChI=1S/C17H17N5O2S/c1-10-5-3-4-6-12(10)19-17-21-14(20-16(18)22-17)9-24-15(23)13-8-7-11(2)25-13/h3-8H,9H2,1-2H3,(H3,18,19,20,21,22). The maximum atomic E-state index is 12.0. The zero-order chi connectivity index (χ0) is 17.8. The third-order valence-electron chi connectivity index (χ3n) is 3.36. The Morgan fingerprint density at radius 1 is 1.16 bits per heavy atom. The van der Waals surface area contributed by atoms with E-state index in [-0.39, 0.29) is 18.4 Å². The van der Waals surface area contributed by atoms with Crippen LogP contribution < -0.4 is 11.1 Å². The number of carbonyl (C=O) groups is 1. The number of para-hydroxylation sites is 1. The van der Waals surface area contributed by atoms with E-state index in [2.05, 4.69) is 20.3 Å². The normalized spacial score (nSPS) is 10.5. The van der Waals surface area contributed by atoms with Gasteiger partial charge in [0.25, 0.3) is 0 Å². The molecule has 0 aliphatic carbocycles. The summed E-state index contributed by atoms with van der Waals surface area (Å²) in [5.74, 6) is 0.236. The molecule has 0 aliphatic heterocycles. The van der Waals surface area contributed by atoms with Crippen molar-refractivity contribution in [3.63, 3.8) is 0 Å². The number of aromatic nitrogens is 3. The highest BCUT2D eigenvalue weighted by molar-refractivity contribution is 7.13. The molecule has 0 atom stereocenters. The van der Waals surface area contributed by atoms with E-state index in [0.717, 1.165) is 16.1 Å². The van der Waals surface area contributed by atoms with Crippen molar-refractivity contribution in [3.8, 4) is 0 Å². The summed E-state index contributed by atoms with van der Waals surface area (Å²) in [7, 11) is 0. The summed E-state index contributed by atoms with van der Waals surface area (Å²) in [5, 5.41) is 3.10. The van der Waals surface area contributed by atoms with Crippen LogP contribution in [0.3, 0.4) is 0 Å². The quantitative estimate of drug-likeness (QED) is 0.677. The van der Waals surface area contributed by atoms with Gasteiger partial charge in [0.15, 0.2) is 12.4 Å². The molecule has 1 aromatic carbocycles. The van der Waals surface area contributed by atoms with Crippen LogP contribution in [0.2, 0.25) is 0 Å². The predicted molar refractivity (Wildman–Crippen MR) is 96.9 cm³/mol. The number of nitrogens with two attached hydrogens (primary N) is 1. The number of hydrogen-bond acceptors (Lipinski definition) is 8. The zero-order valence-corrected chi connectivity index (χ0v) is 14.6. The Balaban J connectivity index is 1.71. The van der Waals surface area contributed by atoms with Gasteiger partial charge in [-0.1, -0.05) is 18.2 Å². The Hall–Kier alpha value is -3.00. The van der Waals surface area contributed by atoms with Crippen molar-refractivity contribution in [2.75, 3.05) is 11.1 Å². The Morgan fingerprint density at radius 3 is 2.68 bits per heavy atom. The number of thiophene rings is 1. The molecule has 3 rings (SSSR count). The van der Waals surface area contributed by atoms with E-state index in [0.29, 0.717) is 10.8 Å². The van der Waals surface area contributed by atoms with Gasteiger partial charge in [-0.3, -0.25) is 0 Å². The first-order valence-electron chi connectivity index (χ1n) is 7.58. The fourth-order valence-corrected chi connectivity index (χ4v) is 2.90. The molecule has 2 aromatic heterocycles. The lowest BCUT2D eigenvalue weighted by atomic mass is 10.2. The molecular weight excluding hydrogens is 338 g/mol. The Kier molecular flexibility index (Phi) is 4.90. The first-order chi connectivity index (χ1) is 12.0. The zero-order valence-electron chi connectivity index (χ0n) is 13.8. The molecule has 0 aliphatic rings. The Bertz CT molecular complexity index is 910. The summed E-state index contributed by atoms with van der Waals surface area (Å²) in [4.78, 5) is 25.9. The lowest BCUT2D eigenvalue weighted by molar-refractivity contribution is 0.0468. The van der Waals surface area contributed by atoms with Gasteiger partial charge in [0.05, 0.1) is 0 Å². The second kappa shape index (κ2) is 7.27. The lowest BCUT2D eigenvalue weighted by Gasteiger charge is -2.09. The molecule has 0 unspecified atom stereocenters. The molecule has 0 radical (unpaired) electrons.